The fourth-order valence-corrected chi connectivity index (χ4v) is 2.24. The van der Waals surface area contributed by atoms with E-state index in [9.17, 15) is 4.79 Å². The molecule has 1 heterocycles. The highest BCUT2D eigenvalue weighted by molar-refractivity contribution is 5.71. The number of hydrogen-bond donors (Lipinski definition) is 0. The Labute approximate surface area is 107 Å². The molecule has 1 aromatic carbocycles. The van der Waals surface area contributed by atoms with Crippen molar-refractivity contribution in [2.24, 2.45) is 0 Å². The van der Waals surface area contributed by atoms with Crippen molar-refractivity contribution >= 4 is 5.97 Å². The lowest BCUT2D eigenvalue weighted by molar-refractivity contribution is -0.144. The molecule has 0 atom stereocenters. The van der Waals surface area contributed by atoms with E-state index < -0.39 is 0 Å². The summed E-state index contributed by atoms with van der Waals surface area (Å²) in [5, 5.41) is 0. The molecular weight excluding hydrogens is 230 g/mol. The SMILES string of the molecule is CCOC(=O)CN1CCc2ccc(OC)cc2C1. The van der Waals surface area contributed by atoms with Crippen LogP contribution in [0, 0.1) is 0 Å². The number of carbonyl (C=O) groups is 1. The number of rotatable bonds is 4. The van der Waals surface area contributed by atoms with Crippen LogP contribution in [0.25, 0.3) is 0 Å². The van der Waals surface area contributed by atoms with Gasteiger partial charge in [0.2, 0.25) is 0 Å². The molecule has 0 saturated carbocycles. The molecule has 0 aromatic heterocycles. The van der Waals surface area contributed by atoms with Gasteiger partial charge in [-0.1, -0.05) is 6.07 Å². The first-order valence-electron chi connectivity index (χ1n) is 6.26. The minimum atomic E-state index is -0.149. The van der Waals surface area contributed by atoms with E-state index in [-0.39, 0.29) is 5.97 Å². The van der Waals surface area contributed by atoms with Gasteiger partial charge < -0.3 is 9.47 Å². The van der Waals surface area contributed by atoms with E-state index in [4.69, 9.17) is 9.47 Å². The molecule has 98 valence electrons. The van der Waals surface area contributed by atoms with E-state index >= 15 is 0 Å². The molecule has 0 fully saturated rings. The van der Waals surface area contributed by atoms with E-state index in [1.165, 1.54) is 11.1 Å². The lowest BCUT2D eigenvalue weighted by Gasteiger charge is -2.28. The normalized spacial score (nSPS) is 15.0. The van der Waals surface area contributed by atoms with E-state index in [0.717, 1.165) is 25.3 Å². The summed E-state index contributed by atoms with van der Waals surface area (Å²) in [7, 11) is 1.67. The minimum absolute atomic E-state index is 0.149. The average Bonchev–Trinajstić information content (AvgIpc) is 2.38. The maximum absolute atomic E-state index is 11.5. The quantitative estimate of drug-likeness (QED) is 0.760. The summed E-state index contributed by atoms with van der Waals surface area (Å²) in [4.78, 5) is 13.6. The maximum atomic E-state index is 11.5. The van der Waals surface area contributed by atoms with Crippen LogP contribution in [0.3, 0.4) is 0 Å². The molecule has 1 aliphatic rings. The van der Waals surface area contributed by atoms with Crippen LogP contribution in [-0.4, -0.2) is 37.7 Å². The third-order valence-electron chi connectivity index (χ3n) is 3.16. The van der Waals surface area contributed by atoms with Crippen molar-refractivity contribution in [3.63, 3.8) is 0 Å². The molecule has 0 saturated heterocycles. The van der Waals surface area contributed by atoms with Gasteiger partial charge in [0.25, 0.3) is 0 Å². The Hall–Kier alpha value is -1.55. The number of carbonyl (C=O) groups excluding carboxylic acids is 1. The summed E-state index contributed by atoms with van der Waals surface area (Å²) in [5.74, 6) is 0.718. The number of fused-ring (bicyclic) bond motifs is 1. The van der Waals surface area contributed by atoms with Gasteiger partial charge in [0.1, 0.15) is 5.75 Å². The van der Waals surface area contributed by atoms with Gasteiger partial charge in [0.05, 0.1) is 20.3 Å². The van der Waals surface area contributed by atoms with Crippen molar-refractivity contribution in [2.75, 3.05) is 26.8 Å². The highest BCUT2D eigenvalue weighted by Gasteiger charge is 2.19. The van der Waals surface area contributed by atoms with Crippen LogP contribution in [0.4, 0.5) is 0 Å². The first kappa shape index (κ1) is 12.9. The molecule has 0 spiro atoms. The Balaban J connectivity index is 2.02. The van der Waals surface area contributed by atoms with Gasteiger partial charge in [-0.3, -0.25) is 9.69 Å². The summed E-state index contributed by atoms with van der Waals surface area (Å²) >= 11 is 0. The summed E-state index contributed by atoms with van der Waals surface area (Å²) in [5.41, 5.74) is 2.58. The molecule has 0 N–H and O–H groups in total. The summed E-state index contributed by atoms with van der Waals surface area (Å²) in [6, 6.07) is 6.14. The topological polar surface area (TPSA) is 38.8 Å². The standard InChI is InChI=1S/C14H19NO3/c1-3-18-14(16)10-15-7-6-11-4-5-13(17-2)8-12(11)9-15/h4-5,8H,3,6-7,9-10H2,1-2H3. The fraction of sp³-hybridized carbons (Fsp3) is 0.500. The van der Waals surface area contributed by atoms with Crippen LogP contribution in [0.15, 0.2) is 18.2 Å². The zero-order chi connectivity index (χ0) is 13.0. The van der Waals surface area contributed by atoms with E-state index in [2.05, 4.69) is 11.0 Å². The Morgan fingerprint density at radius 3 is 2.94 bits per heavy atom. The number of hydrogen-bond acceptors (Lipinski definition) is 4. The number of methoxy groups -OCH3 is 1. The highest BCUT2D eigenvalue weighted by atomic mass is 16.5. The zero-order valence-electron chi connectivity index (χ0n) is 10.9. The minimum Gasteiger partial charge on any atom is -0.497 e. The summed E-state index contributed by atoms with van der Waals surface area (Å²) in [6.45, 7) is 4.32. The molecule has 1 aliphatic heterocycles. The summed E-state index contributed by atoms with van der Waals surface area (Å²) in [6.07, 6.45) is 0.971. The zero-order valence-corrected chi connectivity index (χ0v) is 10.9. The third kappa shape index (κ3) is 3.01. The maximum Gasteiger partial charge on any atom is 0.320 e. The second kappa shape index (κ2) is 5.87. The molecule has 4 heteroatoms. The van der Waals surface area contributed by atoms with Crippen molar-refractivity contribution in [3.8, 4) is 5.75 Å². The molecule has 4 nitrogen and oxygen atoms in total. The van der Waals surface area contributed by atoms with Gasteiger partial charge in [0, 0.05) is 13.1 Å². The van der Waals surface area contributed by atoms with Crippen molar-refractivity contribution < 1.29 is 14.3 Å². The van der Waals surface area contributed by atoms with Crippen LogP contribution in [0.5, 0.6) is 5.75 Å². The van der Waals surface area contributed by atoms with Crippen molar-refractivity contribution in [3.05, 3.63) is 29.3 Å². The monoisotopic (exact) mass is 249 g/mol. The van der Waals surface area contributed by atoms with Gasteiger partial charge in [-0.05, 0) is 36.6 Å². The van der Waals surface area contributed by atoms with Crippen LogP contribution in [0.1, 0.15) is 18.1 Å². The predicted molar refractivity (Wildman–Crippen MR) is 68.6 cm³/mol. The van der Waals surface area contributed by atoms with Gasteiger partial charge >= 0.3 is 5.97 Å². The first-order valence-corrected chi connectivity index (χ1v) is 6.26. The third-order valence-corrected chi connectivity index (χ3v) is 3.16. The molecule has 0 unspecified atom stereocenters. The largest absolute Gasteiger partial charge is 0.497 e. The fourth-order valence-electron chi connectivity index (χ4n) is 2.24. The van der Waals surface area contributed by atoms with Crippen molar-refractivity contribution in [2.45, 2.75) is 19.9 Å². The van der Waals surface area contributed by atoms with Gasteiger partial charge in [-0.15, -0.1) is 0 Å². The molecular formula is C14H19NO3. The van der Waals surface area contributed by atoms with Crippen LogP contribution >= 0.6 is 0 Å². The molecule has 1 aromatic rings. The average molecular weight is 249 g/mol. The van der Waals surface area contributed by atoms with E-state index in [1.807, 2.05) is 19.1 Å². The molecule has 2 rings (SSSR count). The molecule has 0 radical (unpaired) electrons. The molecule has 18 heavy (non-hydrogen) atoms. The highest BCUT2D eigenvalue weighted by Crippen LogP contribution is 2.23. The summed E-state index contributed by atoms with van der Waals surface area (Å²) < 4.78 is 10.2. The Bertz CT molecular complexity index is 431. The number of ether oxygens (including phenoxy) is 2. The number of esters is 1. The van der Waals surface area contributed by atoms with Crippen LogP contribution in [0.2, 0.25) is 0 Å². The van der Waals surface area contributed by atoms with Crippen LogP contribution in [-0.2, 0) is 22.5 Å². The Morgan fingerprint density at radius 2 is 2.22 bits per heavy atom. The van der Waals surface area contributed by atoms with Crippen molar-refractivity contribution in [1.29, 1.82) is 0 Å². The van der Waals surface area contributed by atoms with Gasteiger partial charge in [-0.25, -0.2) is 0 Å². The van der Waals surface area contributed by atoms with E-state index in [1.54, 1.807) is 7.11 Å². The smallest absolute Gasteiger partial charge is 0.320 e. The van der Waals surface area contributed by atoms with Crippen LogP contribution < -0.4 is 4.74 Å². The van der Waals surface area contributed by atoms with E-state index in [0.29, 0.717) is 13.2 Å². The molecule has 0 amide bonds. The lowest BCUT2D eigenvalue weighted by atomic mass is 9.99. The Morgan fingerprint density at radius 1 is 1.39 bits per heavy atom. The van der Waals surface area contributed by atoms with Crippen molar-refractivity contribution in [1.82, 2.24) is 4.90 Å². The number of nitrogens with zero attached hydrogens (tertiary/aromatic N) is 1. The molecule has 0 aliphatic carbocycles. The first-order chi connectivity index (χ1) is 8.72. The van der Waals surface area contributed by atoms with Gasteiger partial charge in [0.15, 0.2) is 0 Å². The second-order valence-electron chi connectivity index (χ2n) is 4.40. The lowest BCUT2D eigenvalue weighted by Crippen LogP contribution is -2.35. The Kier molecular flexibility index (Phi) is 4.20. The predicted octanol–water partition coefficient (Wildman–Crippen LogP) is 1.62. The van der Waals surface area contributed by atoms with Gasteiger partial charge in [-0.2, -0.15) is 0 Å². The number of benzene rings is 1. The second-order valence-corrected chi connectivity index (χ2v) is 4.40. The molecule has 0 bridgehead atoms.